The third-order valence-corrected chi connectivity index (χ3v) is 5.69. The fourth-order valence-corrected chi connectivity index (χ4v) is 4.51. The molecule has 0 saturated heterocycles. The van der Waals surface area contributed by atoms with E-state index < -0.39 is 0 Å². The molecule has 0 bridgehead atoms. The van der Waals surface area contributed by atoms with Crippen LogP contribution >= 0.6 is 0 Å². The Labute approximate surface area is 130 Å². The number of hydrogen-bond donors (Lipinski definition) is 1. The van der Waals surface area contributed by atoms with Crippen LogP contribution in [0.1, 0.15) is 33.3 Å². The molecule has 0 radical (unpaired) electrons. The molecule has 1 aliphatic heterocycles. The molecule has 0 saturated carbocycles. The van der Waals surface area contributed by atoms with Gasteiger partial charge in [-0.3, -0.25) is 0 Å². The monoisotopic (exact) mass is 341 g/mol. The molecule has 0 fully saturated rings. The standard InChI is InChI=1S/C17H15N3Se/c1-3-7-12(8-4-1)14-11-15-17(21-20-19-15)16(18-14)13-9-5-2-6-10-13/h1-10,14,16,18H,11H2. The first-order valence-electron chi connectivity index (χ1n) is 7.09. The van der Waals surface area contributed by atoms with E-state index in [1.165, 1.54) is 21.3 Å². The third-order valence-electron chi connectivity index (χ3n) is 3.95. The number of hydrogen-bond acceptors (Lipinski definition) is 3. The van der Waals surface area contributed by atoms with Crippen LogP contribution in [0.2, 0.25) is 0 Å². The van der Waals surface area contributed by atoms with Gasteiger partial charge in [0.25, 0.3) is 0 Å². The van der Waals surface area contributed by atoms with E-state index in [9.17, 15) is 0 Å². The van der Waals surface area contributed by atoms with Crippen LogP contribution in [0.3, 0.4) is 0 Å². The third kappa shape index (κ3) is 2.46. The van der Waals surface area contributed by atoms with Crippen LogP contribution in [0.25, 0.3) is 0 Å². The molecule has 104 valence electrons. The van der Waals surface area contributed by atoms with Gasteiger partial charge in [0.15, 0.2) is 0 Å². The Morgan fingerprint density at radius 1 is 0.905 bits per heavy atom. The Morgan fingerprint density at radius 3 is 2.29 bits per heavy atom. The van der Waals surface area contributed by atoms with E-state index in [0.29, 0.717) is 6.04 Å². The Morgan fingerprint density at radius 2 is 1.57 bits per heavy atom. The molecule has 2 unspecified atom stereocenters. The van der Waals surface area contributed by atoms with Crippen molar-refractivity contribution in [1.29, 1.82) is 0 Å². The fourth-order valence-electron chi connectivity index (χ4n) is 2.90. The van der Waals surface area contributed by atoms with Crippen LogP contribution in [0.4, 0.5) is 0 Å². The number of benzene rings is 2. The van der Waals surface area contributed by atoms with Crippen molar-refractivity contribution < 1.29 is 0 Å². The van der Waals surface area contributed by atoms with Gasteiger partial charge in [0, 0.05) is 0 Å². The normalized spacial score (nSPS) is 21.0. The summed E-state index contributed by atoms with van der Waals surface area (Å²) < 4.78 is 5.69. The Hall–Kier alpha value is -1.74. The van der Waals surface area contributed by atoms with E-state index in [4.69, 9.17) is 0 Å². The van der Waals surface area contributed by atoms with Crippen molar-refractivity contribution in [3.63, 3.8) is 0 Å². The van der Waals surface area contributed by atoms with Crippen molar-refractivity contribution in [2.24, 2.45) is 0 Å². The Balaban J connectivity index is 1.74. The zero-order chi connectivity index (χ0) is 14.1. The number of nitrogens with one attached hydrogen (secondary N) is 1. The summed E-state index contributed by atoms with van der Waals surface area (Å²) in [5.74, 6) is 0. The predicted octanol–water partition coefficient (Wildman–Crippen LogP) is 2.51. The van der Waals surface area contributed by atoms with Gasteiger partial charge in [0.1, 0.15) is 0 Å². The fraction of sp³-hybridized carbons (Fsp3) is 0.176. The Kier molecular flexibility index (Phi) is 3.44. The number of aromatic nitrogens is 2. The molecule has 2 heterocycles. The van der Waals surface area contributed by atoms with Crippen LogP contribution < -0.4 is 5.32 Å². The van der Waals surface area contributed by atoms with Crippen molar-refractivity contribution in [3.05, 3.63) is 81.9 Å². The van der Waals surface area contributed by atoms with Crippen LogP contribution in [0.5, 0.6) is 0 Å². The molecule has 0 aliphatic carbocycles. The minimum absolute atomic E-state index is 0.143. The van der Waals surface area contributed by atoms with Crippen molar-refractivity contribution in [3.8, 4) is 0 Å². The van der Waals surface area contributed by atoms with E-state index in [0.717, 1.165) is 6.42 Å². The van der Waals surface area contributed by atoms with Gasteiger partial charge in [-0.2, -0.15) is 0 Å². The van der Waals surface area contributed by atoms with Crippen molar-refractivity contribution in [2.75, 3.05) is 0 Å². The summed E-state index contributed by atoms with van der Waals surface area (Å²) in [4.78, 5) is 0. The first kappa shape index (κ1) is 13.0. The predicted molar refractivity (Wildman–Crippen MR) is 83.3 cm³/mol. The second-order valence-electron chi connectivity index (χ2n) is 5.26. The average molecular weight is 340 g/mol. The zero-order valence-corrected chi connectivity index (χ0v) is 13.2. The van der Waals surface area contributed by atoms with Gasteiger partial charge >= 0.3 is 130 Å². The molecule has 3 aromatic rings. The summed E-state index contributed by atoms with van der Waals surface area (Å²) >= 11 is 0.143. The SMILES string of the molecule is c1ccc(C2Cc3nn[se]c3C(c3ccccc3)N2)cc1. The van der Waals surface area contributed by atoms with E-state index in [-0.39, 0.29) is 20.8 Å². The molecule has 3 nitrogen and oxygen atoms in total. The first-order valence-corrected chi connectivity index (χ1v) is 8.71. The molecule has 2 atom stereocenters. The molecular formula is C17H15N3Se. The summed E-state index contributed by atoms with van der Waals surface area (Å²) in [6, 6.07) is 21.8. The van der Waals surface area contributed by atoms with Crippen LogP contribution in [0, 0.1) is 0 Å². The summed E-state index contributed by atoms with van der Waals surface area (Å²) in [6.07, 6.45) is 0.938. The Bertz CT molecular complexity index is 724. The van der Waals surface area contributed by atoms with Crippen LogP contribution in [0.15, 0.2) is 60.7 Å². The summed E-state index contributed by atoms with van der Waals surface area (Å²) in [6.45, 7) is 0. The summed E-state index contributed by atoms with van der Waals surface area (Å²) in [5.41, 5.74) is 3.82. The summed E-state index contributed by atoms with van der Waals surface area (Å²) in [5, 5.41) is 8.20. The van der Waals surface area contributed by atoms with Gasteiger partial charge in [0.2, 0.25) is 0 Å². The molecule has 4 rings (SSSR count). The van der Waals surface area contributed by atoms with E-state index in [2.05, 4.69) is 75.2 Å². The van der Waals surface area contributed by atoms with Gasteiger partial charge in [0.05, 0.1) is 0 Å². The van der Waals surface area contributed by atoms with Crippen molar-refractivity contribution >= 4 is 14.7 Å². The molecule has 4 heteroatoms. The van der Waals surface area contributed by atoms with Gasteiger partial charge in [-0.05, 0) is 0 Å². The number of nitrogens with zero attached hydrogens (tertiary/aromatic N) is 2. The average Bonchev–Trinajstić information content (AvgIpc) is 3.04. The molecular weight excluding hydrogens is 325 g/mol. The number of rotatable bonds is 2. The van der Waals surface area contributed by atoms with Gasteiger partial charge in [-0.25, -0.2) is 0 Å². The van der Waals surface area contributed by atoms with Crippen LogP contribution in [-0.2, 0) is 6.42 Å². The molecule has 0 amide bonds. The second-order valence-corrected chi connectivity index (χ2v) is 6.91. The van der Waals surface area contributed by atoms with E-state index in [1.807, 2.05) is 0 Å². The molecule has 21 heavy (non-hydrogen) atoms. The summed E-state index contributed by atoms with van der Waals surface area (Å²) in [7, 11) is 0. The van der Waals surface area contributed by atoms with Crippen LogP contribution in [-0.4, -0.2) is 23.9 Å². The van der Waals surface area contributed by atoms with Gasteiger partial charge in [-0.15, -0.1) is 0 Å². The number of fused-ring (bicyclic) bond motifs is 1. The molecule has 1 N–H and O–H groups in total. The maximum absolute atomic E-state index is 4.40. The van der Waals surface area contributed by atoms with Crippen molar-refractivity contribution in [1.82, 2.24) is 14.5 Å². The molecule has 1 aliphatic rings. The maximum atomic E-state index is 4.40. The van der Waals surface area contributed by atoms with E-state index >= 15 is 0 Å². The zero-order valence-electron chi connectivity index (χ0n) is 11.4. The van der Waals surface area contributed by atoms with Gasteiger partial charge in [-0.1, -0.05) is 0 Å². The minimum atomic E-state index is 0.143. The van der Waals surface area contributed by atoms with Gasteiger partial charge < -0.3 is 0 Å². The molecule has 1 aromatic heterocycles. The molecule has 2 aromatic carbocycles. The van der Waals surface area contributed by atoms with E-state index in [1.54, 1.807) is 0 Å². The quantitative estimate of drug-likeness (QED) is 0.729. The topological polar surface area (TPSA) is 37.8 Å². The molecule has 0 spiro atoms. The second kappa shape index (κ2) is 5.57. The first-order chi connectivity index (χ1) is 10.4. The van der Waals surface area contributed by atoms with Crippen molar-refractivity contribution in [2.45, 2.75) is 18.5 Å².